The summed E-state index contributed by atoms with van der Waals surface area (Å²) in [5, 5.41) is 3.67. The summed E-state index contributed by atoms with van der Waals surface area (Å²) >= 11 is 12.1. The first-order valence-corrected chi connectivity index (χ1v) is 10.1. The first kappa shape index (κ1) is 22.3. The summed E-state index contributed by atoms with van der Waals surface area (Å²) in [5.74, 6) is -0.253. The van der Waals surface area contributed by atoms with E-state index in [9.17, 15) is 9.59 Å². The molecule has 0 aliphatic carbocycles. The van der Waals surface area contributed by atoms with Gasteiger partial charge in [-0.15, -0.1) is 0 Å². The van der Waals surface area contributed by atoms with Gasteiger partial charge in [-0.3, -0.25) is 9.59 Å². The summed E-state index contributed by atoms with van der Waals surface area (Å²) in [4.78, 5) is 26.9. The molecule has 2 aromatic carbocycles. The van der Waals surface area contributed by atoms with Gasteiger partial charge in [0.15, 0.2) is 0 Å². The lowest BCUT2D eigenvalue weighted by molar-refractivity contribution is -0.140. The van der Waals surface area contributed by atoms with Crippen molar-refractivity contribution < 1.29 is 9.59 Å². The largest absolute Gasteiger partial charge is 0.355 e. The molecule has 1 atom stereocenters. The van der Waals surface area contributed by atoms with Gasteiger partial charge in [0.05, 0.1) is 10.0 Å². The highest BCUT2D eigenvalue weighted by Gasteiger charge is 2.25. The molecule has 0 aliphatic rings. The van der Waals surface area contributed by atoms with Gasteiger partial charge in [-0.2, -0.15) is 0 Å². The van der Waals surface area contributed by atoms with Crippen molar-refractivity contribution in [1.29, 1.82) is 0 Å². The van der Waals surface area contributed by atoms with Gasteiger partial charge in [-0.25, -0.2) is 0 Å². The quantitative estimate of drug-likeness (QED) is 0.667. The maximum Gasteiger partial charge on any atom is 0.242 e. The molecule has 0 bridgehead atoms. The number of hydrogen-bond acceptors (Lipinski definition) is 2. The molecule has 2 rings (SSSR count). The smallest absolute Gasteiger partial charge is 0.242 e. The molecule has 150 valence electrons. The van der Waals surface area contributed by atoms with Crippen LogP contribution in [0.4, 0.5) is 0 Å². The normalized spacial score (nSPS) is 11.8. The van der Waals surface area contributed by atoms with E-state index in [2.05, 4.69) is 5.32 Å². The molecule has 4 nitrogen and oxygen atoms in total. The highest BCUT2D eigenvalue weighted by molar-refractivity contribution is 6.42. The summed E-state index contributed by atoms with van der Waals surface area (Å²) in [5.41, 5.74) is 3.11. The Kier molecular flexibility index (Phi) is 8.34. The number of benzene rings is 2. The Morgan fingerprint density at radius 2 is 1.68 bits per heavy atom. The SMILES string of the molecule is CCNC(=O)C(C)N(Cc1ccc(Cl)c(Cl)c1)C(=O)CCc1ccc(C)cc1. The number of amides is 2. The minimum Gasteiger partial charge on any atom is -0.355 e. The average molecular weight is 421 g/mol. The molecule has 0 saturated carbocycles. The van der Waals surface area contributed by atoms with Gasteiger partial charge in [0.2, 0.25) is 11.8 Å². The second-order valence-corrected chi connectivity index (χ2v) is 7.64. The number of halogens is 2. The van der Waals surface area contributed by atoms with E-state index < -0.39 is 6.04 Å². The number of aryl methyl sites for hydroxylation is 2. The van der Waals surface area contributed by atoms with Crippen LogP contribution in [0.15, 0.2) is 42.5 Å². The number of nitrogens with zero attached hydrogens (tertiary/aromatic N) is 1. The van der Waals surface area contributed by atoms with Crippen LogP contribution in [0.1, 0.15) is 37.0 Å². The second-order valence-electron chi connectivity index (χ2n) is 6.83. The van der Waals surface area contributed by atoms with Crippen molar-refractivity contribution in [2.75, 3.05) is 6.54 Å². The highest BCUT2D eigenvalue weighted by atomic mass is 35.5. The van der Waals surface area contributed by atoms with Crippen LogP contribution in [0.2, 0.25) is 10.0 Å². The lowest BCUT2D eigenvalue weighted by Crippen LogP contribution is -2.47. The van der Waals surface area contributed by atoms with Crippen molar-refractivity contribution in [2.45, 2.75) is 46.2 Å². The molecule has 2 aromatic rings. The molecule has 1 N–H and O–H groups in total. The lowest BCUT2D eigenvalue weighted by atomic mass is 10.1. The molecule has 0 aliphatic heterocycles. The molecule has 2 amide bonds. The number of carbonyl (C=O) groups is 2. The maximum atomic E-state index is 13.0. The first-order valence-electron chi connectivity index (χ1n) is 9.38. The molecule has 0 aromatic heterocycles. The molecule has 0 spiro atoms. The van der Waals surface area contributed by atoms with Crippen molar-refractivity contribution in [1.82, 2.24) is 10.2 Å². The summed E-state index contributed by atoms with van der Waals surface area (Å²) in [6.07, 6.45) is 0.952. The molecule has 0 saturated heterocycles. The van der Waals surface area contributed by atoms with Crippen LogP contribution in [0, 0.1) is 6.92 Å². The Bertz CT molecular complexity index is 822. The lowest BCUT2D eigenvalue weighted by Gasteiger charge is -2.29. The molecule has 0 radical (unpaired) electrons. The summed E-state index contributed by atoms with van der Waals surface area (Å²) in [6, 6.07) is 12.8. The van der Waals surface area contributed by atoms with Gasteiger partial charge in [0.1, 0.15) is 6.04 Å². The van der Waals surface area contributed by atoms with E-state index in [1.54, 1.807) is 24.0 Å². The third-order valence-corrected chi connectivity index (χ3v) is 5.34. The van der Waals surface area contributed by atoms with Crippen LogP contribution in [-0.4, -0.2) is 29.3 Å². The topological polar surface area (TPSA) is 49.4 Å². The Morgan fingerprint density at radius 1 is 1.04 bits per heavy atom. The monoisotopic (exact) mass is 420 g/mol. The van der Waals surface area contributed by atoms with Crippen molar-refractivity contribution in [3.63, 3.8) is 0 Å². The van der Waals surface area contributed by atoms with E-state index in [1.807, 2.05) is 44.2 Å². The van der Waals surface area contributed by atoms with Gasteiger partial charge in [0.25, 0.3) is 0 Å². The van der Waals surface area contributed by atoms with Gasteiger partial charge in [0, 0.05) is 19.5 Å². The number of likely N-dealkylation sites (N-methyl/N-ethyl adjacent to an activating group) is 1. The molecule has 1 unspecified atom stereocenters. The Labute approximate surface area is 176 Å². The van der Waals surface area contributed by atoms with Crippen LogP contribution in [-0.2, 0) is 22.6 Å². The maximum absolute atomic E-state index is 13.0. The molecular formula is C22H26Cl2N2O2. The van der Waals surface area contributed by atoms with E-state index in [-0.39, 0.29) is 11.8 Å². The Balaban J connectivity index is 2.15. The van der Waals surface area contributed by atoms with Gasteiger partial charge in [-0.1, -0.05) is 59.1 Å². The molecule has 6 heteroatoms. The fourth-order valence-electron chi connectivity index (χ4n) is 2.89. The summed E-state index contributed by atoms with van der Waals surface area (Å²) in [6.45, 7) is 6.44. The minimum atomic E-state index is -0.583. The second kappa shape index (κ2) is 10.5. The number of rotatable bonds is 8. The van der Waals surface area contributed by atoms with Crippen LogP contribution in [0.3, 0.4) is 0 Å². The van der Waals surface area contributed by atoms with E-state index in [4.69, 9.17) is 23.2 Å². The number of carbonyl (C=O) groups excluding carboxylic acids is 2. The predicted molar refractivity (Wildman–Crippen MR) is 115 cm³/mol. The van der Waals surface area contributed by atoms with Crippen LogP contribution in [0.25, 0.3) is 0 Å². The van der Waals surface area contributed by atoms with E-state index >= 15 is 0 Å². The fraction of sp³-hybridized carbons (Fsp3) is 0.364. The Hall–Kier alpha value is -2.04. The molecule has 0 fully saturated rings. The third kappa shape index (κ3) is 6.25. The van der Waals surface area contributed by atoms with Crippen molar-refractivity contribution in [3.8, 4) is 0 Å². The zero-order chi connectivity index (χ0) is 20.7. The first-order chi connectivity index (χ1) is 13.3. The Morgan fingerprint density at radius 3 is 2.29 bits per heavy atom. The van der Waals surface area contributed by atoms with Crippen molar-refractivity contribution in [3.05, 3.63) is 69.2 Å². The van der Waals surface area contributed by atoms with Gasteiger partial charge in [-0.05, 0) is 50.5 Å². The molecular weight excluding hydrogens is 395 g/mol. The fourth-order valence-corrected chi connectivity index (χ4v) is 3.21. The zero-order valence-electron chi connectivity index (χ0n) is 16.5. The number of hydrogen-bond donors (Lipinski definition) is 1. The average Bonchev–Trinajstić information content (AvgIpc) is 2.67. The minimum absolute atomic E-state index is 0.0783. The van der Waals surface area contributed by atoms with Crippen LogP contribution >= 0.6 is 23.2 Å². The van der Waals surface area contributed by atoms with E-state index in [0.717, 1.165) is 11.1 Å². The van der Waals surface area contributed by atoms with E-state index in [1.165, 1.54) is 5.56 Å². The highest BCUT2D eigenvalue weighted by Crippen LogP contribution is 2.24. The summed E-state index contributed by atoms with van der Waals surface area (Å²) < 4.78 is 0. The van der Waals surface area contributed by atoms with Gasteiger partial charge < -0.3 is 10.2 Å². The van der Waals surface area contributed by atoms with Crippen LogP contribution < -0.4 is 5.32 Å². The standard InChI is InChI=1S/C22H26Cl2N2O2/c1-4-25-22(28)16(3)26(14-18-9-11-19(23)20(24)13-18)21(27)12-10-17-7-5-15(2)6-8-17/h5-9,11,13,16H,4,10,12,14H2,1-3H3,(H,25,28). The van der Waals surface area contributed by atoms with Crippen molar-refractivity contribution in [2.24, 2.45) is 0 Å². The molecule has 0 heterocycles. The van der Waals surface area contributed by atoms with Crippen LogP contribution in [0.5, 0.6) is 0 Å². The van der Waals surface area contributed by atoms with Gasteiger partial charge >= 0.3 is 0 Å². The van der Waals surface area contributed by atoms with Crippen molar-refractivity contribution >= 4 is 35.0 Å². The number of nitrogens with one attached hydrogen (secondary N) is 1. The predicted octanol–water partition coefficient (Wildman–Crippen LogP) is 4.79. The third-order valence-electron chi connectivity index (χ3n) is 4.60. The van der Waals surface area contributed by atoms with E-state index in [0.29, 0.717) is 36.0 Å². The zero-order valence-corrected chi connectivity index (χ0v) is 18.0. The molecule has 28 heavy (non-hydrogen) atoms. The summed E-state index contributed by atoms with van der Waals surface area (Å²) in [7, 11) is 0.